The van der Waals surface area contributed by atoms with Crippen molar-refractivity contribution in [2.45, 2.75) is 39.3 Å². The summed E-state index contributed by atoms with van der Waals surface area (Å²) in [5.74, 6) is 0. The summed E-state index contributed by atoms with van der Waals surface area (Å²) in [6.07, 6.45) is 0. The van der Waals surface area contributed by atoms with Crippen LogP contribution in [0.4, 0.5) is 5.69 Å². The molecule has 1 aliphatic heterocycles. The Morgan fingerprint density at radius 2 is 1.36 bits per heavy atom. The summed E-state index contributed by atoms with van der Waals surface area (Å²) in [7, 11) is 0. The summed E-state index contributed by atoms with van der Waals surface area (Å²) < 4.78 is 1.04. The van der Waals surface area contributed by atoms with Crippen LogP contribution in [-0.4, -0.2) is 42.2 Å². The van der Waals surface area contributed by atoms with E-state index in [9.17, 15) is 5.11 Å². The highest BCUT2D eigenvalue weighted by atomic mass is 79.9. The van der Waals surface area contributed by atoms with E-state index in [1.807, 2.05) is 12.1 Å². The summed E-state index contributed by atoms with van der Waals surface area (Å²) in [5, 5.41) is 11.9. The van der Waals surface area contributed by atoms with E-state index in [1.165, 1.54) is 5.69 Å². The standard InChI is InChI=1S/C24H31BrN2O/c1-22(2)21(23(3,4)24(22,28)18-10-12-19(25)13-11-18)27-16-14-26(15-17-27)20-8-6-5-7-9-20/h5-13,21,28H,14-17H2,1-4H3. The molecule has 3 nitrogen and oxygen atoms in total. The molecule has 2 aromatic carbocycles. The maximum Gasteiger partial charge on any atom is 0.103 e. The van der Waals surface area contributed by atoms with Crippen molar-refractivity contribution in [1.29, 1.82) is 0 Å². The number of hydrogen-bond donors (Lipinski definition) is 1. The quantitative estimate of drug-likeness (QED) is 0.732. The Morgan fingerprint density at radius 1 is 0.821 bits per heavy atom. The summed E-state index contributed by atoms with van der Waals surface area (Å²) >= 11 is 3.51. The summed E-state index contributed by atoms with van der Waals surface area (Å²) in [6, 6.07) is 19.2. The summed E-state index contributed by atoms with van der Waals surface area (Å²) in [6.45, 7) is 13.0. The molecule has 1 saturated heterocycles. The molecule has 1 saturated carbocycles. The fraction of sp³-hybridized carbons (Fsp3) is 0.500. The van der Waals surface area contributed by atoms with E-state index in [1.54, 1.807) is 0 Å². The van der Waals surface area contributed by atoms with Crippen molar-refractivity contribution in [2.75, 3.05) is 31.1 Å². The Hall–Kier alpha value is -1.36. The highest BCUT2D eigenvalue weighted by molar-refractivity contribution is 9.10. The average molecular weight is 443 g/mol. The number of hydrogen-bond acceptors (Lipinski definition) is 3. The second-order valence-electron chi connectivity index (χ2n) is 9.42. The van der Waals surface area contributed by atoms with Gasteiger partial charge in [-0.1, -0.05) is 74.0 Å². The van der Waals surface area contributed by atoms with Gasteiger partial charge in [0.25, 0.3) is 0 Å². The van der Waals surface area contributed by atoms with E-state index in [2.05, 4.69) is 95.9 Å². The molecule has 2 aromatic rings. The lowest BCUT2D eigenvalue weighted by Crippen LogP contribution is -2.79. The van der Waals surface area contributed by atoms with E-state index in [0.29, 0.717) is 6.04 Å². The third-order valence-corrected chi connectivity index (χ3v) is 7.82. The lowest BCUT2D eigenvalue weighted by Gasteiger charge is -2.72. The highest BCUT2D eigenvalue weighted by Crippen LogP contribution is 2.68. The zero-order valence-electron chi connectivity index (χ0n) is 17.3. The molecule has 4 rings (SSSR count). The zero-order chi connectivity index (χ0) is 20.2. The largest absolute Gasteiger partial charge is 0.384 e. The van der Waals surface area contributed by atoms with Crippen LogP contribution in [0.1, 0.15) is 33.3 Å². The molecule has 1 aliphatic carbocycles. The molecule has 28 heavy (non-hydrogen) atoms. The molecule has 0 aromatic heterocycles. The van der Waals surface area contributed by atoms with Crippen LogP contribution in [0.2, 0.25) is 0 Å². The van der Waals surface area contributed by atoms with Gasteiger partial charge in [-0.3, -0.25) is 4.90 Å². The number of nitrogens with zero attached hydrogens (tertiary/aromatic N) is 2. The van der Waals surface area contributed by atoms with Crippen molar-refractivity contribution in [3.63, 3.8) is 0 Å². The first-order valence-corrected chi connectivity index (χ1v) is 11.0. The van der Waals surface area contributed by atoms with Crippen LogP contribution in [0.15, 0.2) is 59.1 Å². The van der Waals surface area contributed by atoms with E-state index in [4.69, 9.17) is 0 Å². The van der Waals surface area contributed by atoms with Gasteiger partial charge in [-0.25, -0.2) is 0 Å². The summed E-state index contributed by atoms with van der Waals surface area (Å²) in [5.41, 5.74) is 1.03. The van der Waals surface area contributed by atoms with Crippen LogP contribution in [-0.2, 0) is 5.60 Å². The SMILES string of the molecule is CC1(C)C(N2CCN(c3ccccc3)CC2)C(C)(C)C1(O)c1ccc(Br)cc1. The number of aliphatic hydroxyl groups is 1. The monoisotopic (exact) mass is 442 g/mol. The third-order valence-electron chi connectivity index (χ3n) is 7.29. The van der Waals surface area contributed by atoms with Crippen LogP contribution in [0.5, 0.6) is 0 Å². The number of para-hydroxylation sites is 1. The molecule has 1 heterocycles. The lowest BCUT2D eigenvalue weighted by molar-refractivity contribution is -0.307. The Morgan fingerprint density at radius 3 is 1.89 bits per heavy atom. The molecule has 0 amide bonds. The second-order valence-corrected chi connectivity index (χ2v) is 10.3. The molecular weight excluding hydrogens is 412 g/mol. The molecule has 150 valence electrons. The minimum Gasteiger partial charge on any atom is -0.384 e. The van der Waals surface area contributed by atoms with Crippen LogP contribution in [0.3, 0.4) is 0 Å². The number of anilines is 1. The van der Waals surface area contributed by atoms with Crippen molar-refractivity contribution in [2.24, 2.45) is 10.8 Å². The molecule has 0 atom stereocenters. The van der Waals surface area contributed by atoms with Gasteiger partial charge in [0.15, 0.2) is 0 Å². The van der Waals surface area contributed by atoms with Gasteiger partial charge in [0.1, 0.15) is 5.60 Å². The molecule has 4 heteroatoms. The first-order valence-electron chi connectivity index (χ1n) is 10.2. The minimum absolute atomic E-state index is 0.223. The molecule has 0 bridgehead atoms. The summed E-state index contributed by atoms with van der Waals surface area (Å²) in [4.78, 5) is 5.07. The highest BCUT2D eigenvalue weighted by Gasteiger charge is 2.73. The van der Waals surface area contributed by atoms with Gasteiger partial charge in [0.05, 0.1) is 0 Å². The first kappa shape index (κ1) is 19.9. The smallest absolute Gasteiger partial charge is 0.103 e. The predicted octanol–water partition coefficient (Wildman–Crippen LogP) is 4.89. The molecule has 1 N–H and O–H groups in total. The number of halogens is 1. The van der Waals surface area contributed by atoms with Crippen LogP contribution < -0.4 is 4.90 Å². The van der Waals surface area contributed by atoms with Gasteiger partial charge in [0.2, 0.25) is 0 Å². The number of benzene rings is 2. The van der Waals surface area contributed by atoms with Crippen LogP contribution in [0, 0.1) is 10.8 Å². The Kier molecular flexibility index (Phi) is 4.88. The van der Waals surface area contributed by atoms with Crippen LogP contribution >= 0.6 is 15.9 Å². The second kappa shape index (κ2) is 6.86. The third kappa shape index (κ3) is 2.76. The van der Waals surface area contributed by atoms with Gasteiger partial charge < -0.3 is 10.0 Å². The minimum atomic E-state index is -0.845. The van der Waals surface area contributed by atoms with Gasteiger partial charge in [-0.15, -0.1) is 0 Å². The van der Waals surface area contributed by atoms with Gasteiger partial charge in [-0.2, -0.15) is 0 Å². The van der Waals surface area contributed by atoms with Crippen molar-refractivity contribution in [1.82, 2.24) is 4.90 Å². The van der Waals surface area contributed by atoms with Gasteiger partial charge >= 0.3 is 0 Å². The number of piperazine rings is 1. The molecule has 2 aliphatic rings. The van der Waals surface area contributed by atoms with Crippen molar-refractivity contribution < 1.29 is 5.11 Å². The Bertz CT molecular complexity index is 807. The molecule has 0 unspecified atom stereocenters. The van der Waals surface area contributed by atoms with Crippen molar-refractivity contribution >= 4 is 21.6 Å². The van der Waals surface area contributed by atoms with E-state index in [0.717, 1.165) is 36.2 Å². The van der Waals surface area contributed by atoms with Crippen LogP contribution in [0.25, 0.3) is 0 Å². The molecule has 0 radical (unpaired) electrons. The topological polar surface area (TPSA) is 26.7 Å². The molecule has 2 fully saturated rings. The maximum atomic E-state index is 11.9. The van der Waals surface area contributed by atoms with E-state index in [-0.39, 0.29) is 10.8 Å². The molecule has 0 spiro atoms. The van der Waals surface area contributed by atoms with Crippen molar-refractivity contribution in [3.8, 4) is 0 Å². The van der Waals surface area contributed by atoms with Crippen molar-refractivity contribution in [3.05, 3.63) is 64.6 Å². The zero-order valence-corrected chi connectivity index (χ0v) is 18.9. The average Bonchev–Trinajstić information content (AvgIpc) is 2.68. The van der Waals surface area contributed by atoms with E-state index >= 15 is 0 Å². The predicted molar refractivity (Wildman–Crippen MR) is 120 cm³/mol. The molecular formula is C24H31BrN2O. The first-order chi connectivity index (χ1) is 13.2. The van der Waals surface area contributed by atoms with Gasteiger partial charge in [0, 0.05) is 53.2 Å². The Labute approximate surface area is 177 Å². The lowest BCUT2D eigenvalue weighted by atomic mass is 9.39. The fourth-order valence-electron chi connectivity index (χ4n) is 6.28. The normalized spacial score (nSPS) is 29.4. The Balaban J connectivity index is 1.54. The van der Waals surface area contributed by atoms with Gasteiger partial charge in [-0.05, 0) is 29.8 Å². The van der Waals surface area contributed by atoms with E-state index < -0.39 is 5.60 Å². The number of rotatable bonds is 3. The fourth-order valence-corrected chi connectivity index (χ4v) is 6.54. The maximum absolute atomic E-state index is 11.9.